The van der Waals surface area contributed by atoms with Crippen LogP contribution in [0.4, 0.5) is 13.2 Å². The van der Waals surface area contributed by atoms with Gasteiger partial charge in [-0.2, -0.15) is 18.3 Å². The Morgan fingerprint density at radius 2 is 2.07 bits per heavy atom. The van der Waals surface area contributed by atoms with Crippen LogP contribution in [-0.2, 0) is 10.9 Å². The third kappa shape index (κ3) is 3.58. The van der Waals surface area contributed by atoms with Crippen LogP contribution in [0, 0.1) is 0 Å². The predicted molar refractivity (Wildman–Crippen MR) is 94.2 cm³/mol. The molecule has 4 rings (SSSR count). The molecule has 0 atom stereocenters. The minimum Gasteiger partial charge on any atom is -0.461 e. The second-order valence-corrected chi connectivity index (χ2v) is 6.66. The lowest BCUT2D eigenvalue weighted by Crippen LogP contribution is -2.18. The number of esters is 1. The van der Waals surface area contributed by atoms with Crippen LogP contribution in [0.5, 0.6) is 0 Å². The largest absolute Gasteiger partial charge is 0.461 e. The van der Waals surface area contributed by atoms with Gasteiger partial charge in [0.1, 0.15) is 18.2 Å². The summed E-state index contributed by atoms with van der Waals surface area (Å²) < 4.78 is 52.6. The van der Waals surface area contributed by atoms with Gasteiger partial charge in [-0.05, 0) is 38.0 Å². The summed E-state index contributed by atoms with van der Waals surface area (Å²) in [7, 11) is 0. The predicted octanol–water partition coefficient (Wildman–Crippen LogP) is 3.56. The highest BCUT2D eigenvalue weighted by Crippen LogP contribution is 2.44. The standard InChI is InChI=1S/C19H15F3N4O4/c1-2-29-18(28)15-14(17(30-25-15)10-3-4-10)16(27)12-6-5-11(26-9-23-8-24-26)7-13(12)19(20,21)22/h5-10H,2-4H2,1H3. The molecule has 1 saturated carbocycles. The zero-order valence-electron chi connectivity index (χ0n) is 15.6. The topological polar surface area (TPSA) is 100 Å². The second kappa shape index (κ2) is 7.39. The molecule has 0 spiro atoms. The average molecular weight is 420 g/mol. The fourth-order valence-corrected chi connectivity index (χ4v) is 3.07. The fraction of sp³-hybridized carbons (Fsp3) is 0.316. The van der Waals surface area contributed by atoms with Gasteiger partial charge in [-0.25, -0.2) is 14.5 Å². The number of ether oxygens (including phenoxy) is 1. The number of hydrogen-bond acceptors (Lipinski definition) is 7. The zero-order valence-corrected chi connectivity index (χ0v) is 15.6. The molecule has 0 radical (unpaired) electrons. The molecule has 3 aromatic rings. The van der Waals surface area contributed by atoms with Crippen molar-refractivity contribution in [2.75, 3.05) is 6.61 Å². The van der Waals surface area contributed by atoms with Crippen LogP contribution >= 0.6 is 0 Å². The van der Waals surface area contributed by atoms with Crippen LogP contribution in [0.1, 0.15) is 63.4 Å². The van der Waals surface area contributed by atoms with Crippen molar-refractivity contribution in [1.82, 2.24) is 19.9 Å². The van der Waals surface area contributed by atoms with Gasteiger partial charge in [0.25, 0.3) is 0 Å². The first-order chi connectivity index (χ1) is 14.3. The summed E-state index contributed by atoms with van der Waals surface area (Å²) >= 11 is 0. The maximum atomic E-state index is 13.8. The molecule has 8 nitrogen and oxygen atoms in total. The van der Waals surface area contributed by atoms with E-state index in [-0.39, 0.29) is 29.5 Å². The van der Waals surface area contributed by atoms with Crippen molar-refractivity contribution in [2.45, 2.75) is 31.9 Å². The van der Waals surface area contributed by atoms with E-state index in [0.29, 0.717) is 12.8 Å². The number of hydrogen-bond donors (Lipinski definition) is 0. The SMILES string of the molecule is CCOC(=O)c1noc(C2CC2)c1C(=O)c1ccc(-n2cncn2)cc1C(F)(F)F. The van der Waals surface area contributed by atoms with Crippen LogP contribution in [0.25, 0.3) is 5.69 Å². The van der Waals surface area contributed by atoms with E-state index in [1.54, 1.807) is 6.92 Å². The summed E-state index contributed by atoms with van der Waals surface area (Å²) in [4.78, 5) is 29.1. The molecular formula is C19H15F3N4O4. The third-order valence-corrected chi connectivity index (χ3v) is 4.60. The van der Waals surface area contributed by atoms with Gasteiger partial charge in [0.15, 0.2) is 11.5 Å². The molecule has 0 bridgehead atoms. The smallest absolute Gasteiger partial charge is 0.417 e. The number of alkyl halides is 3. The van der Waals surface area contributed by atoms with Gasteiger partial charge in [-0.15, -0.1) is 0 Å². The van der Waals surface area contributed by atoms with Crippen LogP contribution < -0.4 is 0 Å². The van der Waals surface area contributed by atoms with E-state index in [4.69, 9.17) is 9.26 Å². The van der Waals surface area contributed by atoms with Crippen LogP contribution in [0.2, 0.25) is 0 Å². The first kappa shape index (κ1) is 19.8. The van der Waals surface area contributed by atoms with E-state index < -0.39 is 34.7 Å². The molecule has 11 heteroatoms. The summed E-state index contributed by atoms with van der Waals surface area (Å²) in [6.45, 7) is 1.57. The molecule has 0 saturated heterocycles. The first-order valence-corrected chi connectivity index (χ1v) is 9.09. The first-order valence-electron chi connectivity index (χ1n) is 9.09. The van der Waals surface area contributed by atoms with Crippen molar-refractivity contribution in [3.05, 3.63) is 59.0 Å². The molecule has 2 aromatic heterocycles. The van der Waals surface area contributed by atoms with E-state index in [1.165, 1.54) is 18.7 Å². The molecule has 156 valence electrons. The molecule has 1 fully saturated rings. The van der Waals surface area contributed by atoms with Gasteiger partial charge in [-0.1, -0.05) is 5.16 Å². The molecular weight excluding hydrogens is 405 g/mol. The Balaban J connectivity index is 1.84. The Morgan fingerprint density at radius 3 is 2.67 bits per heavy atom. The normalized spacial score (nSPS) is 14.0. The lowest BCUT2D eigenvalue weighted by atomic mass is 9.95. The van der Waals surface area contributed by atoms with Gasteiger partial charge in [0.05, 0.1) is 17.9 Å². The lowest BCUT2D eigenvalue weighted by Gasteiger charge is -2.14. The minimum atomic E-state index is -4.83. The summed E-state index contributed by atoms with van der Waals surface area (Å²) in [5.41, 5.74) is -2.41. The van der Waals surface area contributed by atoms with Crippen LogP contribution in [0.3, 0.4) is 0 Å². The van der Waals surface area contributed by atoms with Crippen molar-refractivity contribution < 1.29 is 32.0 Å². The maximum Gasteiger partial charge on any atom is 0.417 e. The van der Waals surface area contributed by atoms with Crippen molar-refractivity contribution in [1.29, 1.82) is 0 Å². The molecule has 1 aliphatic rings. The Morgan fingerprint density at radius 1 is 1.30 bits per heavy atom. The van der Waals surface area contributed by atoms with Crippen molar-refractivity contribution in [3.63, 3.8) is 0 Å². The highest BCUT2D eigenvalue weighted by molar-refractivity contribution is 6.15. The number of carbonyl (C=O) groups is 2. The van der Waals surface area contributed by atoms with E-state index >= 15 is 0 Å². The molecule has 0 unspecified atom stereocenters. The summed E-state index contributed by atoms with van der Waals surface area (Å²) in [6, 6.07) is 3.16. The van der Waals surface area contributed by atoms with Crippen molar-refractivity contribution >= 4 is 11.8 Å². The number of carbonyl (C=O) groups excluding carboxylic acids is 2. The van der Waals surface area contributed by atoms with Gasteiger partial charge in [0, 0.05) is 11.5 Å². The summed E-state index contributed by atoms with van der Waals surface area (Å²) in [5.74, 6) is -1.98. The zero-order chi connectivity index (χ0) is 21.5. The number of aromatic nitrogens is 4. The number of benzene rings is 1. The molecule has 0 aliphatic heterocycles. The summed E-state index contributed by atoms with van der Waals surface area (Å²) in [5, 5.41) is 7.42. The number of nitrogens with zero attached hydrogens (tertiary/aromatic N) is 4. The van der Waals surface area contributed by atoms with Crippen LogP contribution in [-0.4, -0.2) is 38.3 Å². The minimum absolute atomic E-state index is 0.0124. The molecule has 1 aromatic carbocycles. The maximum absolute atomic E-state index is 13.8. The number of ketones is 1. The van der Waals surface area contributed by atoms with Gasteiger partial charge in [-0.3, -0.25) is 4.79 Å². The van der Waals surface area contributed by atoms with E-state index in [1.807, 2.05) is 0 Å². The second-order valence-electron chi connectivity index (χ2n) is 6.66. The van der Waals surface area contributed by atoms with E-state index in [9.17, 15) is 22.8 Å². The van der Waals surface area contributed by atoms with Crippen LogP contribution in [0.15, 0.2) is 35.4 Å². The number of halogens is 3. The average Bonchev–Trinajstić information content (AvgIpc) is 3.23. The highest BCUT2D eigenvalue weighted by Gasteiger charge is 2.41. The highest BCUT2D eigenvalue weighted by atomic mass is 19.4. The molecule has 1 aliphatic carbocycles. The molecule has 2 heterocycles. The molecule has 0 amide bonds. The Hall–Kier alpha value is -3.50. The third-order valence-electron chi connectivity index (χ3n) is 4.60. The Kier molecular flexibility index (Phi) is 4.88. The molecule has 30 heavy (non-hydrogen) atoms. The monoisotopic (exact) mass is 420 g/mol. The summed E-state index contributed by atoms with van der Waals surface area (Å²) in [6.07, 6.45) is -1.04. The fourth-order valence-electron chi connectivity index (χ4n) is 3.07. The lowest BCUT2D eigenvalue weighted by molar-refractivity contribution is -0.137. The quantitative estimate of drug-likeness (QED) is 0.444. The number of rotatable bonds is 6. The molecule has 0 N–H and O–H groups in total. The van der Waals surface area contributed by atoms with Crippen molar-refractivity contribution in [3.8, 4) is 5.69 Å². The van der Waals surface area contributed by atoms with Crippen molar-refractivity contribution in [2.24, 2.45) is 0 Å². The Bertz CT molecular complexity index is 1100. The van der Waals surface area contributed by atoms with Gasteiger partial charge in [0.2, 0.25) is 5.69 Å². The van der Waals surface area contributed by atoms with E-state index in [2.05, 4.69) is 15.2 Å². The van der Waals surface area contributed by atoms with Gasteiger partial charge >= 0.3 is 12.1 Å². The van der Waals surface area contributed by atoms with E-state index in [0.717, 1.165) is 16.8 Å². The Labute approximate surface area is 167 Å². The van der Waals surface area contributed by atoms with Gasteiger partial charge < -0.3 is 9.26 Å².